The molecule has 8 aromatic rings. The molecule has 0 aliphatic heterocycles. The predicted molar refractivity (Wildman–Crippen MR) is 188 cm³/mol. The van der Waals surface area contributed by atoms with Gasteiger partial charge in [-0.25, -0.2) is 0 Å². The van der Waals surface area contributed by atoms with E-state index in [2.05, 4.69) is 158 Å². The van der Waals surface area contributed by atoms with Crippen LogP contribution in [0, 0.1) is 0 Å². The van der Waals surface area contributed by atoms with E-state index in [1.807, 2.05) is 0 Å². The van der Waals surface area contributed by atoms with E-state index in [4.69, 9.17) is 0 Å². The second-order valence-electron chi connectivity index (χ2n) is 14.1. The van der Waals surface area contributed by atoms with Crippen molar-refractivity contribution in [3.8, 4) is 11.4 Å². The maximum Gasteiger partial charge on any atom is 0.0562 e. The van der Waals surface area contributed by atoms with Gasteiger partial charge in [-0.2, -0.15) is 0 Å². The average Bonchev–Trinajstić information content (AvgIpc) is 3.54. The van der Waals surface area contributed by atoms with E-state index in [9.17, 15) is 0 Å². The Morgan fingerprint density at radius 1 is 0.432 bits per heavy atom. The summed E-state index contributed by atoms with van der Waals surface area (Å²) in [6, 6.07) is 45.2. The molecule has 1 aliphatic carbocycles. The summed E-state index contributed by atoms with van der Waals surface area (Å²) in [5.74, 6) is 0. The molecule has 2 nitrogen and oxygen atoms in total. The van der Waals surface area contributed by atoms with Crippen LogP contribution in [0.3, 0.4) is 0 Å². The fraction of sp³-hybridized carbons (Fsp3) is 0.190. The Hall–Kier alpha value is -4.82. The van der Waals surface area contributed by atoms with E-state index >= 15 is 0 Å². The molecule has 2 heterocycles. The summed E-state index contributed by atoms with van der Waals surface area (Å²) in [5, 5.41) is 7.86. The van der Waals surface area contributed by atoms with E-state index in [-0.39, 0.29) is 10.8 Å². The lowest BCUT2D eigenvalue weighted by Gasteiger charge is -2.42. The number of hydrogen-bond acceptors (Lipinski definition) is 0. The largest absolute Gasteiger partial charge is 0.309 e. The summed E-state index contributed by atoms with van der Waals surface area (Å²) in [4.78, 5) is 0. The van der Waals surface area contributed by atoms with Gasteiger partial charge in [0.2, 0.25) is 0 Å². The Morgan fingerprint density at radius 2 is 0.955 bits per heavy atom. The third-order valence-electron chi connectivity index (χ3n) is 10.5. The van der Waals surface area contributed by atoms with E-state index in [0.717, 1.165) is 0 Å². The topological polar surface area (TPSA) is 9.86 Å². The molecule has 0 saturated heterocycles. The van der Waals surface area contributed by atoms with Crippen molar-refractivity contribution in [2.24, 2.45) is 0 Å². The third kappa shape index (κ3) is 3.48. The number of nitrogens with zero attached hydrogens (tertiary/aromatic N) is 2. The molecule has 0 spiro atoms. The Morgan fingerprint density at radius 3 is 1.64 bits per heavy atom. The highest BCUT2D eigenvalue weighted by molar-refractivity contribution is 6.25. The van der Waals surface area contributed by atoms with Crippen molar-refractivity contribution in [3.05, 3.63) is 132 Å². The van der Waals surface area contributed by atoms with Crippen LogP contribution in [0.25, 0.3) is 65.8 Å². The Labute approximate surface area is 258 Å². The summed E-state index contributed by atoms with van der Waals surface area (Å²) < 4.78 is 4.97. The molecule has 0 N–H and O–H groups in total. The molecule has 0 amide bonds. The average molecular weight is 569 g/mol. The predicted octanol–water partition coefficient (Wildman–Crippen LogP) is 11.4. The van der Waals surface area contributed by atoms with Gasteiger partial charge < -0.3 is 9.13 Å². The van der Waals surface area contributed by atoms with Crippen molar-refractivity contribution in [3.63, 3.8) is 0 Å². The van der Waals surface area contributed by atoms with Gasteiger partial charge in [0.1, 0.15) is 0 Å². The van der Waals surface area contributed by atoms with Gasteiger partial charge in [-0.3, -0.25) is 0 Å². The van der Waals surface area contributed by atoms with E-state index in [1.165, 1.54) is 89.7 Å². The summed E-state index contributed by atoms with van der Waals surface area (Å²) in [5.41, 5.74) is 10.7. The second kappa shape index (κ2) is 8.86. The SMILES string of the molecule is CC1(C)CCC(C)(C)c2cc3c(cc21)c1cc2c4c5ccccc5ccc4n(-c4ccccc4)c2cc1n3-c1ccccc1. The summed E-state index contributed by atoms with van der Waals surface area (Å²) >= 11 is 0. The first-order chi connectivity index (χ1) is 21.3. The van der Waals surface area contributed by atoms with Gasteiger partial charge >= 0.3 is 0 Å². The maximum atomic E-state index is 2.55. The summed E-state index contributed by atoms with van der Waals surface area (Å²) in [6.07, 6.45) is 2.41. The van der Waals surface area contributed by atoms with Crippen LogP contribution in [0.15, 0.2) is 121 Å². The molecule has 214 valence electrons. The van der Waals surface area contributed by atoms with Gasteiger partial charge in [0, 0.05) is 32.9 Å². The van der Waals surface area contributed by atoms with Crippen molar-refractivity contribution in [1.82, 2.24) is 9.13 Å². The van der Waals surface area contributed by atoms with Gasteiger partial charge in [0.15, 0.2) is 0 Å². The summed E-state index contributed by atoms with van der Waals surface area (Å²) in [6.45, 7) is 9.72. The van der Waals surface area contributed by atoms with Crippen molar-refractivity contribution in [2.45, 2.75) is 51.4 Å². The minimum absolute atomic E-state index is 0.140. The zero-order chi connectivity index (χ0) is 29.8. The van der Waals surface area contributed by atoms with Crippen LogP contribution in [0.1, 0.15) is 51.7 Å². The fourth-order valence-electron chi connectivity index (χ4n) is 8.07. The molecule has 6 aromatic carbocycles. The molecule has 0 saturated carbocycles. The van der Waals surface area contributed by atoms with E-state index in [1.54, 1.807) is 0 Å². The highest BCUT2D eigenvalue weighted by atomic mass is 15.0. The van der Waals surface area contributed by atoms with Crippen LogP contribution >= 0.6 is 0 Å². The van der Waals surface area contributed by atoms with Gasteiger partial charge in [-0.05, 0) is 100 Å². The third-order valence-corrected chi connectivity index (χ3v) is 10.5. The van der Waals surface area contributed by atoms with Crippen LogP contribution in [-0.2, 0) is 10.8 Å². The lowest BCUT2D eigenvalue weighted by molar-refractivity contribution is 0.332. The maximum absolute atomic E-state index is 2.55. The van der Waals surface area contributed by atoms with Crippen LogP contribution < -0.4 is 0 Å². The van der Waals surface area contributed by atoms with Gasteiger partial charge in [0.05, 0.1) is 22.1 Å². The van der Waals surface area contributed by atoms with Gasteiger partial charge in [0.25, 0.3) is 0 Å². The highest BCUT2D eigenvalue weighted by Gasteiger charge is 2.38. The zero-order valence-electron chi connectivity index (χ0n) is 25.9. The molecule has 2 aromatic heterocycles. The van der Waals surface area contributed by atoms with Crippen molar-refractivity contribution >= 4 is 54.4 Å². The Bertz CT molecular complexity index is 2420. The number of para-hydroxylation sites is 2. The Balaban J connectivity index is 1.52. The highest BCUT2D eigenvalue weighted by Crippen LogP contribution is 2.49. The number of benzene rings is 6. The molecule has 2 heteroatoms. The van der Waals surface area contributed by atoms with Crippen LogP contribution in [-0.4, -0.2) is 9.13 Å². The Kier molecular flexibility index (Phi) is 5.17. The van der Waals surface area contributed by atoms with E-state index in [0.29, 0.717) is 0 Å². The molecule has 0 radical (unpaired) electrons. The summed E-state index contributed by atoms with van der Waals surface area (Å²) in [7, 11) is 0. The quantitative estimate of drug-likeness (QED) is 0.196. The molecular formula is C42H36N2. The second-order valence-corrected chi connectivity index (χ2v) is 14.1. The first-order valence-electron chi connectivity index (χ1n) is 15.9. The van der Waals surface area contributed by atoms with Gasteiger partial charge in [-0.15, -0.1) is 0 Å². The molecule has 44 heavy (non-hydrogen) atoms. The van der Waals surface area contributed by atoms with Crippen molar-refractivity contribution in [2.75, 3.05) is 0 Å². The molecule has 0 unspecified atom stereocenters. The molecule has 1 aliphatic rings. The molecule has 0 atom stereocenters. The minimum atomic E-state index is 0.140. The standard InChI is InChI=1S/C42H36N2/c1-41(2)21-22-42(3,4)35-25-37-32(24-34(35)41)31-23-33-39(26-38(31)44(37)29-16-9-6-10-17-29)43(28-14-7-5-8-15-28)36-20-19-27-13-11-12-18-30(27)40(33)36/h5-20,23-26H,21-22H2,1-4H3. The lowest BCUT2D eigenvalue weighted by Crippen LogP contribution is -2.33. The number of rotatable bonds is 2. The first-order valence-corrected chi connectivity index (χ1v) is 15.9. The number of hydrogen-bond donors (Lipinski definition) is 0. The fourth-order valence-corrected chi connectivity index (χ4v) is 8.07. The van der Waals surface area contributed by atoms with Gasteiger partial charge in [-0.1, -0.05) is 94.4 Å². The molecule has 0 bridgehead atoms. The van der Waals surface area contributed by atoms with Crippen LogP contribution in [0.5, 0.6) is 0 Å². The minimum Gasteiger partial charge on any atom is -0.309 e. The molecule has 9 rings (SSSR count). The normalized spacial score (nSPS) is 15.9. The van der Waals surface area contributed by atoms with E-state index < -0.39 is 0 Å². The molecule has 0 fully saturated rings. The van der Waals surface area contributed by atoms with Crippen molar-refractivity contribution < 1.29 is 0 Å². The number of aromatic nitrogens is 2. The zero-order valence-corrected chi connectivity index (χ0v) is 25.9. The first kappa shape index (κ1) is 25.7. The van der Waals surface area contributed by atoms with Crippen molar-refractivity contribution in [1.29, 1.82) is 0 Å². The molecular weight excluding hydrogens is 532 g/mol. The number of fused-ring (bicyclic) bond motifs is 9. The lowest BCUT2D eigenvalue weighted by atomic mass is 9.63. The van der Waals surface area contributed by atoms with Crippen LogP contribution in [0.2, 0.25) is 0 Å². The van der Waals surface area contributed by atoms with Crippen LogP contribution in [0.4, 0.5) is 0 Å². The monoisotopic (exact) mass is 568 g/mol. The smallest absolute Gasteiger partial charge is 0.0562 e.